The van der Waals surface area contributed by atoms with Crippen LogP contribution in [0.5, 0.6) is 5.75 Å². The molecule has 27 heavy (non-hydrogen) atoms. The molecular weight excluding hydrogens is 347 g/mol. The summed E-state index contributed by atoms with van der Waals surface area (Å²) in [5.74, 6) is 0.532. The van der Waals surface area contributed by atoms with E-state index in [2.05, 4.69) is 10.2 Å². The highest BCUT2D eigenvalue weighted by atomic mass is 19.1. The van der Waals surface area contributed by atoms with Gasteiger partial charge in [-0.15, -0.1) is 0 Å². The summed E-state index contributed by atoms with van der Waals surface area (Å²) in [5, 5.41) is 3.34. The van der Waals surface area contributed by atoms with E-state index in [9.17, 15) is 9.18 Å². The van der Waals surface area contributed by atoms with Crippen LogP contribution in [0.4, 0.5) is 10.1 Å². The van der Waals surface area contributed by atoms with Crippen LogP contribution in [-0.4, -0.2) is 33.2 Å². The van der Waals surface area contributed by atoms with Crippen LogP contribution < -0.4 is 15.0 Å². The lowest BCUT2D eigenvalue weighted by Gasteiger charge is -2.20. The average molecular weight is 368 g/mol. The normalized spacial score (nSPS) is 14.0. The monoisotopic (exact) mass is 368 g/mol. The Morgan fingerprint density at radius 3 is 2.52 bits per heavy atom. The predicted molar refractivity (Wildman–Crippen MR) is 103 cm³/mol. The van der Waals surface area contributed by atoms with Gasteiger partial charge in [-0.1, -0.05) is 0 Å². The van der Waals surface area contributed by atoms with E-state index in [1.54, 1.807) is 26.3 Å². The van der Waals surface area contributed by atoms with Crippen LogP contribution in [0.3, 0.4) is 0 Å². The van der Waals surface area contributed by atoms with Gasteiger partial charge in [-0.3, -0.25) is 4.79 Å². The van der Waals surface area contributed by atoms with Gasteiger partial charge in [-0.25, -0.2) is 4.39 Å². The summed E-state index contributed by atoms with van der Waals surface area (Å²) in [4.78, 5) is 14.9. The molecule has 0 atom stereocenters. The summed E-state index contributed by atoms with van der Waals surface area (Å²) < 4.78 is 25.0. The van der Waals surface area contributed by atoms with Crippen LogP contribution in [0.15, 0.2) is 40.8 Å². The van der Waals surface area contributed by atoms with E-state index in [0.717, 1.165) is 31.6 Å². The average Bonchev–Trinajstić information content (AvgIpc) is 3.34. The first kappa shape index (κ1) is 17.4. The topological polar surface area (TPSA) is 54.7 Å². The number of benzene rings is 2. The fraction of sp³-hybridized carbons (Fsp3) is 0.286. The molecule has 0 radical (unpaired) electrons. The van der Waals surface area contributed by atoms with E-state index in [-0.39, 0.29) is 11.7 Å². The fourth-order valence-electron chi connectivity index (χ4n) is 3.64. The molecule has 4 rings (SSSR count). The number of ether oxygens (including phenoxy) is 1. The lowest BCUT2D eigenvalue weighted by atomic mass is 10.0. The zero-order chi connectivity index (χ0) is 19.0. The van der Waals surface area contributed by atoms with E-state index in [0.29, 0.717) is 33.6 Å². The van der Waals surface area contributed by atoms with Crippen molar-refractivity contribution in [1.29, 1.82) is 0 Å². The molecule has 6 heteroatoms. The van der Waals surface area contributed by atoms with Crippen molar-refractivity contribution in [1.82, 2.24) is 5.32 Å². The van der Waals surface area contributed by atoms with E-state index < -0.39 is 0 Å². The van der Waals surface area contributed by atoms with E-state index in [4.69, 9.17) is 9.15 Å². The summed E-state index contributed by atoms with van der Waals surface area (Å²) in [5.41, 5.74) is 2.64. The molecule has 1 N–H and O–H groups in total. The number of fused-ring (bicyclic) bond motifs is 1. The number of methoxy groups -OCH3 is 1. The smallest absolute Gasteiger partial charge is 0.255 e. The molecule has 140 valence electrons. The third kappa shape index (κ3) is 3.01. The van der Waals surface area contributed by atoms with Crippen LogP contribution in [0.25, 0.3) is 22.3 Å². The summed E-state index contributed by atoms with van der Waals surface area (Å²) in [7, 11) is 3.20. The first-order chi connectivity index (χ1) is 13.1. The molecule has 0 spiro atoms. The molecule has 2 heterocycles. The van der Waals surface area contributed by atoms with Gasteiger partial charge < -0.3 is 19.4 Å². The largest absolute Gasteiger partial charge is 0.495 e. The molecule has 1 aliphatic heterocycles. The molecule has 5 nitrogen and oxygen atoms in total. The maximum Gasteiger partial charge on any atom is 0.255 e. The van der Waals surface area contributed by atoms with E-state index in [1.807, 2.05) is 12.1 Å². The molecule has 0 unspecified atom stereocenters. The second-order valence-electron chi connectivity index (χ2n) is 6.61. The summed E-state index contributed by atoms with van der Waals surface area (Å²) in [6, 6.07) is 9.71. The zero-order valence-electron chi connectivity index (χ0n) is 15.3. The summed E-state index contributed by atoms with van der Waals surface area (Å²) >= 11 is 0. The van der Waals surface area contributed by atoms with Gasteiger partial charge in [-0.2, -0.15) is 0 Å². The molecule has 1 aromatic heterocycles. The Kier molecular flexibility index (Phi) is 4.48. The van der Waals surface area contributed by atoms with Crippen molar-refractivity contribution < 1.29 is 18.3 Å². The van der Waals surface area contributed by atoms with Crippen LogP contribution in [-0.2, 0) is 0 Å². The minimum Gasteiger partial charge on any atom is -0.495 e. The lowest BCUT2D eigenvalue weighted by molar-refractivity contribution is 0.0964. The highest BCUT2D eigenvalue weighted by Gasteiger charge is 2.25. The van der Waals surface area contributed by atoms with Crippen molar-refractivity contribution in [2.45, 2.75) is 12.8 Å². The molecule has 1 fully saturated rings. The van der Waals surface area contributed by atoms with Crippen molar-refractivity contribution >= 4 is 22.6 Å². The van der Waals surface area contributed by atoms with Crippen LogP contribution in [0.2, 0.25) is 0 Å². The van der Waals surface area contributed by atoms with Crippen molar-refractivity contribution in [2.75, 3.05) is 32.1 Å². The molecule has 1 amide bonds. The Morgan fingerprint density at radius 2 is 1.89 bits per heavy atom. The fourth-order valence-corrected chi connectivity index (χ4v) is 3.64. The molecule has 1 saturated heterocycles. The maximum atomic E-state index is 13.3. The van der Waals surface area contributed by atoms with Crippen molar-refractivity contribution in [3.63, 3.8) is 0 Å². The number of carbonyl (C=O) groups excluding carboxylic acids is 1. The standard InChI is InChI=1S/C21H21FN2O3/c1-23-21(25)19-15-11-18(26-2)16(24-9-3-4-10-24)12-17(15)27-20(19)13-5-7-14(22)8-6-13/h5-8,11-12H,3-4,9-10H2,1-2H3,(H,23,25). The zero-order valence-corrected chi connectivity index (χ0v) is 15.3. The Bertz CT molecular complexity index is 989. The number of nitrogens with zero attached hydrogens (tertiary/aromatic N) is 1. The number of furan rings is 1. The van der Waals surface area contributed by atoms with E-state index in [1.165, 1.54) is 12.1 Å². The summed E-state index contributed by atoms with van der Waals surface area (Å²) in [6.07, 6.45) is 2.29. The molecular formula is C21H21FN2O3. The van der Waals surface area contributed by atoms with Gasteiger partial charge in [0.25, 0.3) is 5.91 Å². The summed E-state index contributed by atoms with van der Waals surface area (Å²) in [6.45, 7) is 1.94. The van der Waals surface area contributed by atoms with Crippen molar-refractivity contribution in [2.24, 2.45) is 0 Å². The molecule has 0 saturated carbocycles. The van der Waals surface area contributed by atoms with Gasteiger partial charge in [-0.05, 0) is 43.2 Å². The van der Waals surface area contributed by atoms with Gasteiger partial charge in [0.05, 0.1) is 18.4 Å². The first-order valence-corrected chi connectivity index (χ1v) is 9.00. The number of hydrogen-bond acceptors (Lipinski definition) is 4. The van der Waals surface area contributed by atoms with E-state index >= 15 is 0 Å². The third-order valence-electron chi connectivity index (χ3n) is 5.00. The number of rotatable bonds is 4. The van der Waals surface area contributed by atoms with Crippen molar-refractivity contribution in [3.05, 3.63) is 47.8 Å². The minimum atomic E-state index is -0.339. The van der Waals surface area contributed by atoms with Gasteiger partial charge in [0, 0.05) is 37.2 Å². The molecule has 1 aliphatic rings. The number of anilines is 1. The Balaban J connectivity index is 1.94. The Morgan fingerprint density at radius 1 is 1.19 bits per heavy atom. The number of halogens is 1. The highest BCUT2D eigenvalue weighted by molar-refractivity contribution is 6.12. The second-order valence-corrected chi connectivity index (χ2v) is 6.61. The highest BCUT2D eigenvalue weighted by Crippen LogP contribution is 2.41. The van der Waals surface area contributed by atoms with Crippen LogP contribution in [0.1, 0.15) is 23.2 Å². The maximum absolute atomic E-state index is 13.3. The Hall–Kier alpha value is -3.02. The second kappa shape index (κ2) is 6.95. The lowest BCUT2D eigenvalue weighted by Crippen LogP contribution is -2.19. The predicted octanol–water partition coefficient (Wildman–Crippen LogP) is 4.21. The first-order valence-electron chi connectivity index (χ1n) is 9.00. The van der Waals surface area contributed by atoms with Crippen molar-refractivity contribution in [3.8, 4) is 17.1 Å². The van der Waals surface area contributed by atoms with Crippen LogP contribution in [0, 0.1) is 5.82 Å². The number of hydrogen-bond donors (Lipinski definition) is 1. The van der Waals surface area contributed by atoms with Gasteiger partial charge >= 0.3 is 0 Å². The molecule has 2 aromatic carbocycles. The quantitative estimate of drug-likeness (QED) is 0.750. The van der Waals surface area contributed by atoms with Gasteiger partial charge in [0.2, 0.25) is 0 Å². The molecule has 0 bridgehead atoms. The minimum absolute atomic E-state index is 0.260. The SMILES string of the molecule is CNC(=O)c1c(-c2ccc(F)cc2)oc2cc(N3CCCC3)c(OC)cc12. The van der Waals surface area contributed by atoms with Crippen LogP contribution >= 0.6 is 0 Å². The number of amides is 1. The Labute approximate surface area is 156 Å². The third-order valence-corrected chi connectivity index (χ3v) is 5.00. The number of nitrogens with one attached hydrogen (secondary N) is 1. The van der Waals surface area contributed by atoms with Gasteiger partial charge in [0.15, 0.2) is 0 Å². The number of carbonyl (C=O) groups is 1. The molecule has 3 aromatic rings. The van der Waals surface area contributed by atoms with Gasteiger partial charge in [0.1, 0.15) is 22.9 Å². The molecule has 0 aliphatic carbocycles.